The molecule has 1 aromatic carbocycles. The van der Waals surface area contributed by atoms with Crippen molar-refractivity contribution in [3.8, 4) is 0 Å². The van der Waals surface area contributed by atoms with Crippen molar-refractivity contribution >= 4 is 27.3 Å². The van der Waals surface area contributed by atoms with Crippen LogP contribution in [0.4, 0.5) is 0 Å². The van der Waals surface area contributed by atoms with Crippen molar-refractivity contribution in [3.05, 3.63) is 56.2 Å². The zero-order valence-electron chi connectivity index (χ0n) is 10.2. The summed E-state index contributed by atoms with van der Waals surface area (Å²) in [6.45, 7) is 2.51. The molecule has 0 saturated heterocycles. The molecule has 1 aromatic heterocycles. The van der Waals surface area contributed by atoms with Gasteiger partial charge < -0.3 is 11.1 Å². The monoisotopic (exact) mass is 324 g/mol. The molecule has 0 aliphatic carbocycles. The normalized spacial score (nSPS) is 10.8. The van der Waals surface area contributed by atoms with E-state index in [0.29, 0.717) is 6.54 Å². The number of hydrogen-bond acceptors (Lipinski definition) is 3. The van der Waals surface area contributed by atoms with Gasteiger partial charge in [0.15, 0.2) is 0 Å². The Morgan fingerprint density at radius 2 is 2.06 bits per heavy atom. The largest absolute Gasteiger partial charge is 0.326 e. The van der Waals surface area contributed by atoms with Gasteiger partial charge in [0.1, 0.15) is 0 Å². The van der Waals surface area contributed by atoms with Crippen LogP contribution in [0.15, 0.2) is 40.2 Å². The molecule has 2 rings (SSSR count). The molecule has 2 nitrogen and oxygen atoms in total. The summed E-state index contributed by atoms with van der Waals surface area (Å²) in [5.74, 6) is 0. The van der Waals surface area contributed by atoms with Gasteiger partial charge in [-0.05, 0) is 39.5 Å². The molecule has 0 amide bonds. The first-order valence-electron chi connectivity index (χ1n) is 5.99. The van der Waals surface area contributed by atoms with Crippen LogP contribution in [0.2, 0.25) is 0 Å². The van der Waals surface area contributed by atoms with Crippen LogP contribution in [-0.2, 0) is 19.5 Å². The molecule has 3 N–H and O–H groups in total. The van der Waals surface area contributed by atoms with E-state index in [1.807, 2.05) is 0 Å². The standard InChI is InChI=1S/C14H17BrN2S/c15-13-7-14(18-10-13)4-5-17-9-12-3-1-2-11(6-12)8-16/h1-3,6-7,10,17H,4-5,8-9,16H2. The van der Waals surface area contributed by atoms with Crippen LogP contribution in [0.3, 0.4) is 0 Å². The van der Waals surface area contributed by atoms with E-state index < -0.39 is 0 Å². The van der Waals surface area contributed by atoms with E-state index in [9.17, 15) is 0 Å². The molecule has 0 atom stereocenters. The van der Waals surface area contributed by atoms with Gasteiger partial charge in [-0.15, -0.1) is 11.3 Å². The second-order valence-corrected chi connectivity index (χ2v) is 6.09. The number of nitrogens with two attached hydrogens (primary N) is 1. The molecule has 0 aliphatic rings. The fraction of sp³-hybridized carbons (Fsp3) is 0.286. The smallest absolute Gasteiger partial charge is 0.0285 e. The second kappa shape index (κ2) is 7.04. The van der Waals surface area contributed by atoms with Gasteiger partial charge in [0.2, 0.25) is 0 Å². The summed E-state index contributed by atoms with van der Waals surface area (Å²) in [5.41, 5.74) is 8.12. The number of thiophene rings is 1. The zero-order valence-corrected chi connectivity index (χ0v) is 12.6. The van der Waals surface area contributed by atoms with Crippen LogP contribution in [0, 0.1) is 0 Å². The highest BCUT2D eigenvalue weighted by Gasteiger charge is 1.98. The molecule has 0 radical (unpaired) electrons. The van der Waals surface area contributed by atoms with Crippen LogP contribution < -0.4 is 11.1 Å². The molecular formula is C14H17BrN2S. The Hall–Kier alpha value is -0.680. The van der Waals surface area contributed by atoms with Gasteiger partial charge in [-0.25, -0.2) is 0 Å². The Kier molecular flexibility index (Phi) is 5.38. The summed E-state index contributed by atoms with van der Waals surface area (Å²) >= 11 is 5.27. The van der Waals surface area contributed by atoms with Gasteiger partial charge >= 0.3 is 0 Å². The SMILES string of the molecule is NCc1cccc(CNCCc2cc(Br)cs2)c1. The Morgan fingerprint density at radius 1 is 1.22 bits per heavy atom. The minimum Gasteiger partial charge on any atom is -0.326 e. The molecular weight excluding hydrogens is 308 g/mol. The van der Waals surface area contributed by atoms with Gasteiger partial charge in [0, 0.05) is 34.4 Å². The lowest BCUT2D eigenvalue weighted by Gasteiger charge is -2.05. The summed E-state index contributed by atoms with van der Waals surface area (Å²) in [5, 5.41) is 5.59. The average Bonchev–Trinajstić information content (AvgIpc) is 2.81. The molecule has 96 valence electrons. The molecule has 0 fully saturated rings. The Morgan fingerprint density at radius 3 is 2.78 bits per heavy atom. The second-order valence-electron chi connectivity index (χ2n) is 4.18. The van der Waals surface area contributed by atoms with Crippen LogP contribution in [0.5, 0.6) is 0 Å². The maximum Gasteiger partial charge on any atom is 0.0285 e. The van der Waals surface area contributed by atoms with Gasteiger partial charge in [-0.2, -0.15) is 0 Å². The van der Waals surface area contributed by atoms with Crippen LogP contribution >= 0.6 is 27.3 Å². The van der Waals surface area contributed by atoms with Crippen molar-refractivity contribution in [2.45, 2.75) is 19.5 Å². The third-order valence-electron chi connectivity index (χ3n) is 2.73. The maximum atomic E-state index is 5.63. The number of nitrogens with one attached hydrogen (secondary N) is 1. The quantitative estimate of drug-likeness (QED) is 0.800. The van der Waals surface area contributed by atoms with Crippen LogP contribution in [-0.4, -0.2) is 6.54 Å². The van der Waals surface area contributed by atoms with E-state index >= 15 is 0 Å². The summed E-state index contributed by atoms with van der Waals surface area (Å²) < 4.78 is 1.18. The molecule has 18 heavy (non-hydrogen) atoms. The fourth-order valence-electron chi connectivity index (χ4n) is 1.80. The highest BCUT2D eigenvalue weighted by atomic mass is 79.9. The molecule has 0 aliphatic heterocycles. The zero-order chi connectivity index (χ0) is 12.8. The van der Waals surface area contributed by atoms with Gasteiger partial charge in [-0.3, -0.25) is 0 Å². The van der Waals surface area contributed by atoms with E-state index in [4.69, 9.17) is 5.73 Å². The van der Waals surface area contributed by atoms with E-state index in [-0.39, 0.29) is 0 Å². The minimum atomic E-state index is 0.608. The van der Waals surface area contributed by atoms with Crippen molar-refractivity contribution in [2.75, 3.05) is 6.54 Å². The number of hydrogen-bond donors (Lipinski definition) is 2. The maximum absolute atomic E-state index is 5.63. The first-order chi connectivity index (χ1) is 8.78. The van der Waals surface area contributed by atoms with E-state index in [0.717, 1.165) is 19.5 Å². The number of rotatable bonds is 6. The minimum absolute atomic E-state index is 0.608. The summed E-state index contributed by atoms with van der Waals surface area (Å²) in [6, 6.07) is 10.6. The Balaban J connectivity index is 1.74. The molecule has 1 heterocycles. The summed E-state index contributed by atoms with van der Waals surface area (Å²) in [4.78, 5) is 1.41. The van der Waals surface area contributed by atoms with Crippen molar-refractivity contribution < 1.29 is 0 Å². The lowest BCUT2D eigenvalue weighted by Crippen LogP contribution is -2.16. The highest BCUT2D eigenvalue weighted by Crippen LogP contribution is 2.19. The number of benzene rings is 1. The third kappa shape index (κ3) is 4.21. The van der Waals surface area contributed by atoms with E-state index in [1.165, 1.54) is 20.5 Å². The van der Waals surface area contributed by atoms with Crippen molar-refractivity contribution in [1.29, 1.82) is 0 Å². The molecule has 0 saturated carbocycles. The van der Waals surface area contributed by atoms with Crippen molar-refractivity contribution in [2.24, 2.45) is 5.73 Å². The topological polar surface area (TPSA) is 38.0 Å². The molecule has 0 unspecified atom stereocenters. The van der Waals surface area contributed by atoms with Crippen LogP contribution in [0.25, 0.3) is 0 Å². The van der Waals surface area contributed by atoms with Gasteiger partial charge in [0.25, 0.3) is 0 Å². The Labute approximate surface area is 120 Å². The average molecular weight is 325 g/mol. The molecule has 2 aromatic rings. The Bertz CT molecular complexity index is 496. The van der Waals surface area contributed by atoms with E-state index in [2.05, 4.69) is 57.0 Å². The summed E-state index contributed by atoms with van der Waals surface area (Å²) in [6.07, 6.45) is 1.08. The van der Waals surface area contributed by atoms with Gasteiger partial charge in [-0.1, -0.05) is 24.3 Å². The van der Waals surface area contributed by atoms with Crippen molar-refractivity contribution in [3.63, 3.8) is 0 Å². The first kappa shape index (κ1) is 13.7. The van der Waals surface area contributed by atoms with E-state index in [1.54, 1.807) is 11.3 Å². The molecule has 4 heteroatoms. The summed E-state index contributed by atoms with van der Waals surface area (Å²) in [7, 11) is 0. The molecule has 0 bridgehead atoms. The lowest BCUT2D eigenvalue weighted by atomic mass is 10.1. The predicted octanol–water partition coefficient (Wildman–Crippen LogP) is 3.30. The molecule has 0 spiro atoms. The number of halogens is 1. The third-order valence-corrected chi connectivity index (χ3v) is 4.48. The lowest BCUT2D eigenvalue weighted by molar-refractivity contribution is 0.690. The highest BCUT2D eigenvalue weighted by molar-refractivity contribution is 9.10. The van der Waals surface area contributed by atoms with Crippen LogP contribution in [0.1, 0.15) is 16.0 Å². The first-order valence-corrected chi connectivity index (χ1v) is 7.66. The fourth-order valence-corrected chi connectivity index (χ4v) is 3.25. The predicted molar refractivity (Wildman–Crippen MR) is 81.8 cm³/mol. The van der Waals surface area contributed by atoms with Gasteiger partial charge in [0.05, 0.1) is 0 Å². The van der Waals surface area contributed by atoms with Crippen molar-refractivity contribution in [1.82, 2.24) is 5.32 Å².